The largest absolute Gasteiger partial charge is 0.481 e. The average Bonchev–Trinajstić information content (AvgIpc) is 2.96. The number of benzene rings is 1. The second-order valence-corrected chi connectivity index (χ2v) is 5.45. The number of unbranched alkanes of at least 4 members (excludes halogenated alkanes) is 2. The molecule has 22 heavy (non-hydrogen) atoms. The van der Waals surface area contributed by atoms with E-state index in [2.05, 4.69) is 16.4 Å². The van der Waals surface area contributed by atoms with Gasteiger partial charge in [-0.15, -0.1) is 0 Å². The number of aliphatic carboxylic acids is 1. The highest BCUT2D eigenvalue weighted by Gasteiger charge is 2.03. The van der Waals surface area contributed by atoms with Gasteiger partial charge in [-0.2, -0.15) is 0 Å². The van der Waals surface area contributed by atoms with Crippen molar-refractivity contribution in [3.8, 4) is 0 Å². The fraction of sp³-hybridized carbons (Fsp3) is 0.412. The Hall–Kier alpha value is -2.30. The number of fused-ring (bicyclic) bond motifs is 1. The number of aryl methyl sites for hydroxylation is 1. The molecule has 1 heterocycles. The lowest BCUT2D eigenvalue weighted by Crippen LogP contribution is -2.24. The molecule has 0 saturated carbocycles. The van der Waals surface area contributed by atoms with Gasteiger partial charge < -0.3 is 15.4 Å². The van der Waals surface area contributed by atoms with Crippen molar-refractivity contribution in [3.63, 3.8) is 0 Å². The van der Waals surface area contributed by atoms with Crippen molar-refractivity contribution in [2.75, 3.05) is 6.54 Å². The Morgan fingerprint density at radius 1 is 1.09 bits per heavy atom. The monoisotopic (exact) mass is 302 g/mol. The van der Waals surface area contributed by atoms with Crippen LogP contribution < -0.4 is 5.32 Å². The number of amides is 1. The molecule has 2 rings (SSSR count). The van der Waals surface area contributed by atoms with Crippen molar-refractivity contribution in [1.29, 1.82) is 0 Å². The Bertz CT molecular complexity index is 634. The summed E-state index contributed by atoms with van der Waals surface area (Å²) in [5.41, 5.74) is 2.26. The summed E-state index contributed by atoms with van der Waals surface area (Å²) in [4.78, 5) is 25.3. The summed E-state index contributed by atoms with van der Waals surface area (Å²) in [5.74, 6) is -0.712. The number of nitrogens with one attached hydrogen (secondary N) is 2. The van der Waals surface area contributed by atoms with Crippen molar-refractivity contribution < 1.29 is 14.7 Å². The molecule has 0 saturated heterocycles. The maximum atomic E-state index is 11.8. The molecule has 0 aliphatic heterocycles. The lowest BCUT2D eigenvalue weighted by Gasteiger charge is -2.05. The van der Waals surface area contributed by atoms with E-state index in [1.165, 1.54) is 0 Å². The van der Waals surface area contributed by atoms with Gasteiger partial charge in [-0.3, -0.25) is 9.59 Å². The first-order valence-electron chi connectivity index (χ1n) is 7.69. The van der Waals surface area contributed by atoms with Gasteiger partial charge in [0.1, 0.15) is 0 Å². The highest BCUT2D eigenvalue weighted by Crippen LogP contribution is 2.15. The van der Waals surface area contributed by atoms with Gasteiger partial charge in [-0.05, 0) is 48.4 Å². The van der Waals surface area contributed by atoms with Gasteiger partial charge >= 0.3 is 5.97 Å². The first-order chi connectivity index (χ1) is 10.6. The molecular weight excluding hydrogens is 280 g/mol. The maximum absolute atomic E-state index is 11.8. The van der Waals surface area contributed by atoms with E-state index in [1.54, 1.807) is 0 Å². The number of carbonyl (C=O) groups excluding carboxylic acids is 1. The van der Waals surface area contributed by atoms with Crippen LogP contribution in [0.2, 0.25) is 0 Å². The Balaban J connectivity index is 1.62. The van der Waals surface area contributed by atoms with Crippen molar-refractivity contribution in [2.24, 2.45) is 0 Å². The smallest absolute Gasteiger partial charge is 0.303 e. The lowest BCUT2D eigenvalue weighted by molar-refractivity contribution is -0.137. The van der Waals surface area contributed by atoms with Gasteiger partial charge in [0.2, 0.25) is 5.91 Å². The number of hydrogen-bond acceptors (Lipinski definition) is 2. The van der Waals surface area contributed by atoms with Gasteiger partial charge in [0.15, 0.2) is 0 Å². The number of rotatable bonds is 9. The Kier molecular flexibility index (Phi) is 6.01. The van der Waals surface area contributed by atoms with Gasteiger partial charge in [0, 0.05) is 31.1 Å². The lowest BCUT2D eigenvalue weighted by atomic mass is 10.1. The molecule has 2 aromatic rings. The zero-order valence-electron chi connectivity index (χ0n) is 12.6. The van der Waals surface area contributed by atoms with Crippen LogP contribution in [0.1, 0.15) is 37.7 Å². The molecule has 5 heteroatoms. The first-order valence-corrected chi connectivity index (χ1v) is 7.69. The molecule has 118 valence electrons. The minimum absolute atomic E-state index is 0.0485. The molecular formula is C17H22N2O3. The van der Waals surface area contributed by atoms with E-state index >= 15 is 0 Å². The van der Waals surface area contributed by atoms with Crippen molar-refractivity contribution in [3.05, 3.63) is 36.0 Å². The molecule has 0 bridgehead atoms. The fourth-order valence-electron chi connectivity index (χ4n) is 2.41. The summed E-state index contributed by atoms with van der Waals surface area (Å²) in [6.45, 7) is 0.620. The standard InChI is InChI=1S/C17H22N2O3/c20-16(19-10-3-1-2-4-17(21)22)8-6-13-5-7-15-14(12-13)9-11-18-15/h5,7,9,11-12,18H,1-4,6,8,10H2,(H,19,20)(H,21,22). The van der Waals surface area contributed by atoms with Gasteiger partial charge in [-0.1, -0.05) is 12.5 Å². The van der Waals surface area contributed by atoms with Crippen LogP contribution in [-0.2, 0) is 16.0 Å². The minimum Gasteiger partial charge on any atom is -0.481 e. The molecule has 0 radical (unpaired) electrons. The third kappa shape index (κ3) is 5.24. The number of hydrogen-bond donors (Lipinski definition) is 3. The SMILES string of the molecule is O=C(O)CCCCCNC(=O)CCc1ccc2[nH]ccc2c1. The normalized spacial score (nSPS) is 10.7. The highest BCUT2D eigenvalue weighted by atomic mass is 16.4. The molecule has 5 nitrogen and oxygen atoms in total. The number of aromatic nitrogens is 1. The first kappa shape index (κ1) is 16.1. The van der Waals surface area contributed by atoms with Crippen LogP contribution in [0.5, 0.6) is 0 Å². The summed E-state index contributed by atoms with van der Waals surface area (Å²) in [6.07, 6.45) is 5.64. The van der Waals surface area contributed by atoms with E-state index in [-0.39, 0.29) is 12.3 Å². The summed E-state index contributed by atoms with van der Waals surface area (Å²) in [6, 6.07) is 8.20. The van der Waals surface area contributed by atoms with Gasteiger partial charge in [-0.25, -0.2) is 0 Å². The molecule has 3 N–H and O–H groups in total. The Morgan fingerprint density at radius 2 is 1.95 bits per heavy atom. The summed E-state index contributed by atoms with van der Waals surface area (Å²) in [5, 5.41) is 12.6. The number of aromatic amines is 1. The van der Waals surface area contributed by atoms with E-state index in [0.29, 0.717) is 19.4 Å². The van der Waals surface area contributed by atoms with Crippen molar-refractivity contribution in [2.45, 2.75) is 38.5 Å². The predicted octanol–water partition coefficient (Wildman–Crippen LogP) is 2.86. The number of carboxylic acids is 1. The van der Waals surface area contributed by atoms with E-state index in [9.17, 15) is 9.59 Å². The number of carbonyl (C=O) groups is 2. The second kappa shape index (κ2) is 8.22. The van der Waals surface area contributed by atoms with E-state index < -0.39 is 5.97 Å². The minimum atomic E-state index is -0.761. The third-order valence-electron chi connectivity index (χ3n) is 3.65. The molecule has 0 unspecified atom stereocenters. The molecule has 0 aliphatic rings. The van der Waals surface area contributed by atoms with Crippen LogP contribution in [0.15, 0.2) is 30.5 Å². The molecule has 0 atom stereocenters. The Morgan fingerprint density at radius 3 is 2.77 bits per heavy atom. The highest BCUT2D eigenvalue weighted by molar-refractivity contribution is 5.80. The Labute approximate surface area is 129 Å². The molecule has 0 aliphatic carbocycles. The number of carboxylic acid groups (broad SMARTS) is 1. The maximum Gasteiger partial charge on any atom is 0.303 e. The summed E-state index contributed by atoms with van der Waals surface area (Å²) >= 11 is 0. The second-order valence-electron chi connectivity index (χ2n) is 5.45. The van der Waals surface area contributed by atoms with Crippen LogP contribution >= 0.6 is 0 Å². The topological polar surface area (TPSA) is 82.2 Å². The van der Waals surface area contributed by atoms with Crippen molar-refractivity contribution in [1.82, 2.24) is 10.3 Å². The number of H-pyrrole nitrogens is 1. The fourth-order valence-corrected chi connectivity index (χ4v) is 2.41. The average molecular weight is 302 g/mol. The molecule has 1 aromatic carbocycles. The van der Waals surface area contributed by atoms with Gasteiger partial charge in [0.25, 0.3) is 0 Å². The van der Waals surface area contributed by atoms with Gasteiger partial charge in [0.05, 0.1) is 0 Å². The summed E-state index contributed by atoms with van der Waals surface area (Å²) in [7, 11) is 0. The van der Waals surface area contributed by atoms with E-state index in [1.807, 2.05) is 24.4 Å². The predicted molar refractivity (Wildman–Crippen MR) is 85.7 cm³/mol. The molecule has 1 amide bonds. The van der Waals surface area contributed by atoms with Crippen LogP contribution in [0.4, 0.5) is 0 Å². The molecule has 1 aromatic heterocycles. The van der Waals surface area contributed by atoms with Crippen molar-refractivity contribution >= 4 is 22.8 Å². The van der Waals surface area contributed by atoms with Crippen LogP contribution in [0.25, 0.3) is 10.9 Å². The van der Waals surface area contributed by atoms with Crippen LogP contribution in [0.3, 0.4) is 0 Å². The van der Waals surface area contributed by atoms with Crippen LogP contribution in [-0.4, -0.2) is 28.5 Å². The molecule has 0 spiro atoms. The third-order valence-corrected chi connectivity index (χ3v) is 3.65. The zero-order chi connectivity index (χ0) is 15.8. The zero-order valence-corrected chi connectivity index (χ0v) is 12.6. The summed E-state index contributed by atoms with van der Waals surface area (Å²) < 4.78 is 0. The van der Waals surface area contributed by atoms with E-state index in [4.69, 9.17) is 5.11 Å². The molecule has 0 fully saturated rings. The quantitative estimate of drug-likeness (QED) is 0.623. The van der Waals surface area contributed by atoms with E-state index in [0.717, 1.165) is 35.7 Å². The van der Waals surface area contributed by atoms with Crippen LogP contribution in [0, 0.1) is 0 Å².